The summed E-state index contributed by atoms with van der Waals surface area (Å²) in [4.78, 5) is 5.55. The first-order valence-electron chi connectivity index (χ1n) is 6.98. The van der Waals surface area contributed by atoms with Crippen LogP contribution in [0.3, 0.4) is 0 Å². The van der Waals surface area contributed by atoms with Crippen LogP contribution in [0.5, 0.6) is 0 Å². The second kappa shape index (κ2) is 6.67. The number of thioether (sulfide) groups is 1. The lowest BCUT2D eigenvalue weighted by atomic mass is 10.1. The maximum absolute atomic E-state index is 13.0. The van der Waals surface area contributed by atoms with Crippen molar-refractivity contribution < 1.29 is 8.81 Å². The highest BCUT2D eigenvalue weighted by Crippen LogP contribution is 2.31. The number of hydrogen-bond donors (Lipinski definition) is 0. The molecule has 0 amide bonds. The van der Waals surface area contributed by atoms with Crippen molar-refractivity contribution >= 4 is 11.8 Å². The van der Waals surface area contributed by atoms with Gasteiger partial charge in [-0.15, -0.1) is 11.8 Å². The lowest BCUT2D eigenvalue weighted by molar-refractivity contribution is 0.587. The van der Waals surface area contributed by atoms with Gasteiger partial charge in [0.05, 0.1) is 12.5 Å². The fourth-order valence-corrected chi connectivity index (χ4v) is 2.64. The Kier molecular flexibility index (Phi) is 4.45. The van der Waals surface area contributed by atoms with E-state index in [9.17, 15) is 4.39 Å². The standard InChI is InChI=1S/C18H13FN2OS/c1-23-15-8-4-12(5-9-15)17-16(10-11-20)21-18(22-17)13-2-6-14(19)7-3-13/h2-9H,10H2,1H3. The van der Waals surface area contributed by atoms with E-state index >= 15 is 0 Å². The fourth-order valence-electron chi connectivity index (χ4n) is 2.23. The van der Waals surface area contributed by atoms with Crippen molar-refractivity contribution in [3.63, 3.8) is 0 Å². The molecule has 0 spiro atoms. The fraction of sp³-hybridized carbons (Fsp3) is 0.111. The van der Waals surface area contributed by atoms with Crippen molar-refractivity contribution in [1.82, 2.24) is 4.98 Å². The zero-order valence-electron chi connectivity index (χ0n) is 12.4. The Morgan fingerprint density at radius 2 is 1.74 bits per heavy atom. The minimum Gasteiger partial charge on any atom is -0.436 e. The lowest BCUT2D eigenvalue weighted by Crippen LogP contribution is -1.86. The minimum absolute atomic E-state index is 0.157. The van der Waals surface area contributed by atoms with E-state index < -0.39 is 0 Å². The Labute approximate surface area is 137 Å². The van der Waals surface area contributed by atoms with E-state index in [1.165, 1.54) is 12.1 Å². The van der Waals surface area contributed by atoms with Crippen molar-refractivity contribution in [2.45, 2.75) is 11.3 Å². The van der Waals surface area contributed by atoms with Crippen LogP contribution in [0, 0.1) is 17.1 Å². The normalized spacial score (nSPS) is 10.5. The molecule has 0 unspecified atom stereocenters. The zero-order chi connectivity index (χ0) is 16.2. The molecule has 3 rings (SSSR count). The molecule has 2 aromatic carbocycles. The highest BCUT2D eigenvalue weighted by atomic mass is 32.2. The molecule has 3 aromatic rings. The topological polar surface area (TPSA) is 49.8 Å². The van der Waals surface area contributed by atoms with E-state index in [1.807, 2.05) is 30.5 Å². The molecule has 0 aliphatic rings. The molecular weight excluding hydrogens is 311 g/mol. The Morgan fingerprint density at radius 3 is 2.35 bits per heavy atom. The Morgan fingerprint density at radius 1 is 1.09 bits per heavy atom. The number of hydrogen-bond acceptors (Lipinski definition) is 4. The molecule has 1 heterocycles. The first-order chi connectivity index (χ1) is 11.2. The lowest BCUT2D eigenvalue weighted by Gasteiger charge is -2.00. The van der Waals surface area contributed by atoms with Crippen molar-refractivity contribution in [3.05, 3.63) is 60.0 Å². The summed E-state index contributed by atoms with van der Waals surface area (Å²) < 4.78 is 18.9. The number of nitriles is 1. The van der Waals surface area contributed by atoms with Gasteiger partial charge in [-0.3, -0.25) is 0 Å². The highest BCUT2D eigenvalue weighted by Gasteiger charge is 2.16. The Bertz CT molecular complexity index is 848. The molecular formula is C18H13FN2OS. The van der Waals surface area contributed by atoms with Gasteiger partial charge in [-0.1, -0.05) is 12.1 Å². The molecule has 0 saturated carbocycles. The average Bonchev–Trinajstić information content (AvgIpc) is 3.00. The summed E-state index contributed by atoms with van der Waals surface area (Å²) in [6.45, 7) is 0. The number of halogens is 1. The third kappa shape index (κ3) is 3.27. The van der Waals surface area contributed by atoms with Gasteiger partial charge in [0.15, 0.2) is 5.76 Å². The predicted molar refractivity (Wildman–Crippen MR) is 88.4 cm³/mol. The summed E-state index contributed by atoms with van der Waals surface area (Å²) in [6.07, 6.45) is 2.17. The van der Waals surface area contributed by atoms with Gasteiger partial charge in [0.1, 0.15) is 11.5 Å². The quantitative estimate of drug-likeness (QED) is 0.638. The van der Waals surface area contributed by atoms with E-state index in [-0.39, 0.29) is 12.2 Å². The summed E-state index contributed by atoms with van der Waals surface area (Å²) in [5, 5.41) is 9.00. The van der Waals surface area contributed by atoms with Gasteiger partial charge in [-0.05, 0) is 42.7 Å². The molecule has 0 saturated heterocycles. The zero-order valence-corrected chi connectivity index (χ0v) is 13.2. The predicted octanol–water partition coefficient (Wildman–Crippen LogP) is 4.94. The molecule has 0 aliphatic carbocycles. The third-order valence-electron chi connectivity index (χ3n) is 3.39. The summed E-state index contributed by atoms with van der Waals surface area (Å²) in [6, 6.07) is 15.9. The first-order valence-corrected chi connectivity index (χ1v) is 8.21. The number of aromatic nitrogens is 1. The summed E-state index contributed by atoms with van der Waals surface area (Å²) >= 11 is 1.66. The van der Waals surface area contributed by atoms with Crippen molar-refractivity contribution in [2.75, 3.05) is 6.26 Å². The minimum atomic E-state index is -0.314. The Balaban J connectivity index is 2.04. The van der Waals surface area contributed by atoms with Crippen LogP contribution in [0.1, 0.15) is 5.69 Å². The van der Waals surface area contributed by atoms with Gasteiger partial charge in [-0.25, -0.2) is 9.37 Å². The SMILES string of the molecule is CSc1ccc(-c2oc(-c3ccc(F)cc3)nc2CC#N)cc1. The van der Waals surface area contributed by atoms with Gasteiger partial charge in [0, 0.05) is 16.0 Å². The number of benzene rings is 2. The summed E-state index contributed by atoms with van der Waals surface area (Å²) in [5.74, 6) is 0.656. The molecule has 0 atom stereocenters. The molecule has 0 aliphatic heterocycles. The van der Waals surface area contributed by atoms with Crippen molar-refractivity contribution in [1.29, 1.82) is 5.26 Å². The van der Waals surface area contributed by atoms with Crippen LogP contribution in [-0.2, 0) is 6.42 Å². The number of rotatable bonds is 4. The van der Waals surface area contributed by atoms with Crippen molar-refractivity contribution in [2.24, 2.45) is 0 Å². The molecule has 0 N–H and O–H groups in total. The number of nitrogens with zero attached hydrogens (tertiary/aromatic N) is 2. The Hall–Kier alpha value is -2.58. The average molecular weight is 324 g/mol. The number of oxazole rings is 1. The molecule has 1 aromatic heterocycles. The molecule has 114 valence electrons. The molecule has 0 radical (unpaired) electrons. The van der Waals surface area contributed by atoms with Crippen LogP contribution in [0.25, 0.3) is 22.8 Å². The van der Waals surface area contributed by atoms with Crippen LogP contribution < -0.4 is 0 Å². The summed E-state index contributed by atoms with van der Waals surface area (Å²) in [7, 11) is 0. The van der Waals surface area contributed by atoms with Gasteiger partial charge in [-0.2, -0.15) is 5.26 Å². The molecule has 3 nitrogen and oxygen atoms in total. The highest BCUT2D eigenvalue weighted by molar-refractivity contribution is 7.98. The van der Waals surface area contributed by atoms with Crippen LogP contribution >= 0.6 is 11.8 Å². The first kappa shape index (κ1) is 15.3. The van der Waals surface area contributed by atoms with E-state index in [0.29, 0.717) is 22.9 Å². The molecule has 0 bridgehead atoms. The van der Waals surface area contributed by atoms with Crippen LogP contribution in [-0.4, -0.2) is 11.2 Å². The molecule has 5 heteroatoms. The van der Waals surface area contributed by atoms with E-state index in [4.69, 9.17) is 9.68 Å². The van der Waals surface area contributed by atoms with E-state index in [2.05, 4.69) is 11.1 Å². The van der Waals surface area contributed by atoms with E-state index in [0.717, 1.165) is 10.5 Å². The largest absolute Gasteiger partial charge is 0.436 e. The van der Waals surface area contributed by atoms with E-state index in [1.54, 1.807) is 23.9 Å². The third-order valence-corrected chi connectivity index (χ3v) is 4.13. The van der Waals surface area contributed by atoms with Gasteiger partial charge < -0.3 is 4.42 Å². The van der Waals surface area contributed by atoms with Gasteiger partial charge in [0.25, 0.3) is 0 Å². The monoisotopic (exact) mass is 324 g/mol. The maximum Gasteiger partial charge on any atom is 0.227 e. The van der Waals surface area contributed by atoms with Crippen molar-refractivity contribution in [3.8, 4) is 28.8 Å². The van der Waals surface area contributed by atoms with Gasteiger partial charge in [0.2, 0.25) is 5.89 Å². The van der Waals surface area contributed by atoms with Gasteiger partial charge >= 0.3 is 0 Å². The van der Waals surface area contributed by atoms with Crippen LogP contribution in [0.4, 0.5) is 4.39 Å². The molecule has 0 fully saturated rings. The second-order valence-electron chi connectivity index (χ2n) is 4.87. The smallest absolute Gasteiger partial charge is 0.227 e. The summed E-state index contributed by atoms with van der Waals surface area (Å²) in [5.41, 5.74) is 2.13. The van der Waals surface area contributed by atoms with Crippen LogP contribution in [0.15, 0.2) is 57.8 Å². The van der Waals surface area contributed by atoms with Crippen LogP contribution in [0.2, 0.25) is 0 Å². The molecule has 23 heavy (non-hydrogen) atoms. The maximum atomic E-state index is 13.0. The second-order valence-corrected chi connectivity index (χ2v) is 5.74.